The van der Waals surface area contributed by atoms with E-state index in [1.165, 1.54) is 0 Å². The first kappa shape index (κ1) is 14.1. The Bertz CT molecular complexity index is 570. The van der Waals surface area contributed by atoms with Crippen LogP contribution in [0.4, 0.5) is 0 Å². The van der Waals surface area contributed by atoms with Crippen LogP contribution in [0.25, 0.3) is 0 Å². The van der Waals surface area contributed by atoms with E-state index in [-0.39, 0.29) is 12.1 Å². The Hall–Kier alpha value is -1.88. The van der Waals surface area contributed by atoms with E-state index in [1.807, 2.05) is 54.6 Å². The molecule has 0 radical (unpaired) electrons. The Morgan fingerprint density at radius 2 is 1.67 bits per heavy atom. The fourth-order valence-corrected chi connectivity index (χ4v) is 2.40. The van der Waals surface area contributed by atoms with E-state index >= 15 is 0 Å². The van der Waals surface area contributed by atoms with Crippen molar-refractivity contribution in [1.29, 1.82) is 0 Å². The number of rotatable bonds is 4. The quantitative estimate of drug-likeness (QED) is 0.900. The van der Waals surface area contributed by atoms with Gasteiger partial charge in [0.2, 0.25) is 0 Å². The fraction of sp³-hybridized carbons (Fsp3) is 0.294. The monoisotopic (exact) mass is 285 g/mol. The van der Waals surface area contributed by atoms with Crippen molar-refractivity contribution in [3.8, 4) is 5.75 Å². The lowest BCUT2D eigenvalue weighted by atomic mass is 10.0. The Labute approximate surface area is 124 Å². The van der Waals surface area contributed by atoms with Crippen molar-refractivity contribution in [1.82, 2.24) is 0 Å². The van der Waals surface area contributed by atoms with Crippen molar-refractivity contribution in [2.75, 3.05) is 13.2 Å². The first-order valence-corrected chi connectivity index (χ1v) is 7.07. The Morgan fingerprint density at radius 1 is 1.00 bits per heavy atom. The number of nitrogens with two attached hydrogens (primary N) is 1. The van der Waals surface area contributed by atoms with Crippen molar-refractivity contribution >= 4 is 0 Å². The van der Waals surface area contributed by atoms with Crippen molar-refractivity contribution in [3.05, 3.63) is 65.7 Å². The van der Waals surface area contributed by atoms with Crippen molar-refractivity contribution < 1.29 is 14.6 Å². The average molecular weight is 285 g/mol. The van der Waals surface area contributed by atoms with E-state index in [1.54, 1.807) is 0 Å². The largest absolute Gasteiger partial charge is 0.486 e. The van der Waals surface area contributed by atoms with E-state index < -0.39 is 6.10 Å². The normalized spacial score (nSPS) is 23.0. The number of ether oxygens (including phenoxy) is 2. The highest BCUT2D eigenvalue weighted by molar-refractivity contribution is 5.34. The molecule has 3 atom stereocenters. The molecule has 3 rings (SSSR count). The maximum atomic E-state index is 10.3. The van der Waals surface area contributed by atoms with Gasteiger partial charge in [0.1, 0.15) is 18.0 Å². The fourth-order valence-electron chi connectivity index (χ4n) is 2.40. The molecule has 3 N–H and O–H groups in total. The van der Waals surface area contributed by atoms with Crippen LogP contribution in [-0.4, -0.2) is 30.5 Å². The van der Waals surface area contributed by atoms with Crippen LogP contribution in [0.5, 0.6) is 5.75 Å². The second kappa shape index (κ2) is 6.26. The third-order valence-electron chi connectivity index (χ3n) is 3.67. The molecule has 1 aliphatic rings. The van der Waals surface area contributed by atoms with Crippen LogP contribution < -0.4 is 10.5 Å². The topological polar surface area (TPSA) is 64.7 Å². The van der Waals surface area contributed by atoms with Gasteiger partial charge in [-0.2, -0.15) is 0 Å². The van der Waals surface area contributed by atoms with Crippen LogP contribution in [0.15, 0.2) is 54.6 Å². The van der Waals surface area contributed by atoms with E-state index in [0.717, 1.165) is 16.9 Å². The summed E-state index contributed by atoms with van der Waals surface area (Å²) >= 11 is 0. The van der Waals surface area contributed by atoms with Crippen LogP contribution in [-0.2, 0) is 4.74 Å². The summed E-state index contributed by atoms with van der Waals surface area (Å²) in [5.41, 5.74) is 7.60. The van der Waals surface area contributed by atoms with Gasteiger partial charge in [-0.1, -0.05) is 42.5 Å². The molecular weight excluding hydrogens is 266 g/mol. The molecule has 3 unspecified atom stereocenters. The second-order valence-electron chi connectivity index (χ2n) is 5.24. The molecule has 4 heteroatoms. The highest BCUT2D eigenvalue weighted by Gasteiger charge is 2.26. The summed E-state index contributed by atoms with van der Waals surface area (Å²) in [4.78, 5) is 0. The third kappa shape index (κ3) is 3.24. The number of aliphatic hydroxyl groups excluding tert-OH is 1. The van der Waals surface area contributed by atoms with Gasteiger partial charge in [-0.15, -0.1) is 0 Å². The maximum absolute atomic E-state index is 10.3. The molecule has 110 valence electrons. The van der Waals surface area contributed by atoms with Crippen LogP contribution in [0, 0.1) is 0 Å². The molecule has 1 saturated heterocycles. The lowest BCUT2D eigenvalue weighted by Crippen LogP contribution is -2.37. The van der Waals surface area contributed by atoms with Gasteiger partial charge in [0, 0.05) is 0 Å². The van der Waals surface area contributed by atoms with Gasteiger partial charge in [0.05, 0.1) is 19.3 Å². The van der Waals surface area contributed by atoms with Gasteiger partial charge < -0.3 is 20.3 Å². The lowest BCUT2D eigenvalue weighted by Gasteiger charge is -2.17. The number of aliphatic hydroxyl groups is 1. The average Bonchev–Trinajstić information content (AvgIpc) is 2.93. The van der Waals surface area contributed by atoms with E-state index in [4.69, 9.17) is 15.2 Å². The molecule has 1 heterocycles. The van der Waals surface area contributed by atoms with Gasteiger partial charge in [-0.25, -0.2) is 0 Å². The summed E-state index contributed by atoms with van der Waals surface area (Å²) in [7, 11) is 0. The zero-order valence-corrected chi connectivity index (χ0v) is 11.7. The predicted octanol–water partition coefficient (Wildman–Crippen LogP) is 1.87. The molecule has 0 aliphatic carbocycles. The van der Waals surface area contributed by atoms with Gasteiger partial charge in [-0.05, 0) is 23.3 Å². The third-order valence-corrected chi connectivity index (χ3v) is 3.67. The molecule has 2 aromatic rings. The predicted molar refractivity (Wildman–Crippen MR) is 80.2 cm³/mol. The number of benzene rings is 2. The molecular formula is C17H19NO3. The van der Waals surface area contributed by atoms with E-state index in [9.17, 15) is 5.11 Å². The molecule has 0 aromatic heterocycles. The van der Waals surface area contributed by atoms with Crippen molar-refractivity contribution in [2.24, 2.45) is 5.73 Å². The molecule has 2 aromatic carbocycles. The zero-order valence-electron chi connectivity index (χ0n) is 11.7. The number of hydrogen-bond donors (Lipinski definition) is 2. The molecule has 21 heavy (non-hydrogen) atoms. The second-order valence-corrected chi connectivity index (χ2v) is 5.24. The molecule has 4 nitrogen and oxygen atoms in total. The van der Waals surface area contributed by atoms with E-state index in [0.29, 0.717) is 13.2 Å². The van der Waals surface area contributed by atoms with Crippen LogP contribution >= 0.6 is 0 Å². The highest BCUT2D eigenvalue weighted by atomic mass is 16.5. The summed E-state index contributed by atoms with van der Waals surface area (Å²) in [6.07, 6.45) is -0.729. The minimum absolute atomic E-state index is 0.0837. The molecule has 1 aliphatic heterocycles. The molecule has 0 saturated carbocycles. The summed E-state index contributed by atoms with van der Waals surface area (Å²) < 4.78 is 11.1. The molecule has 1 fully saturated rings. The minimum Gasteiger partial charge on any atom is -0.486 e. The van der Waals surface area contributed by atoms with Gasteiger partial charge in [0.25, 0.3) is 0 Å². The van der Waals surface area contributed by atoms with Crippen LogP contribution in [0.2, 0.25) is 0 Å². The summed E-state index contributed by atoms with van der Waals surface area (Å²) in [5, 5.41) is 10.3. The number of hydrogen-bond acceptors (Lipinski definition) is 4. The van der Waals surface area contributed by atoms with Gasteiger partial charge in [-0.3, -0.25) is 0 Å². The van der Waals surface area contributed by atoms with Crippen LogP contribution in [0.1, 0.15) is 17.2 Å². The van der Waals surface area contributed by atoms with Gasteiger partial charge in [0.15, 0.2) is 0 Å². The Morgan fingerprint density at radius 3 is 2.29 bits per heavy atom. The maximum Gasteiger partial charge on any atom is 0.139 e. The molecule has 0 amide bonds. The minimum atomic E-state index is -0.627. The zero-order chi connectivity index (χ0) is 14.7. The van der Waals surface area contributed by atoms with Crippen molar-refractivity contribution in [3.63, 3.8) is 0 Å². The molecule has 0 spiro atoms. The summed E-state index contributed by atoms with van der Waals surface area (Å²) in [5.74, 6) is 0.741. The Balaban J connectivity index is 1.69. The highest BCUT2D eigenvalue weighted by Crippen LogP contribution is 2.24. The van der Waals surface area contributed by atoms with Gasteiger partial charge >= 0.3 is 0 Å². The lowest BCUT2D eigenvalue weighted by molar-refractivity contribution is 0.140. The SMILES string of the molecule is NC1COCC1Oc1ccc(C(O)c2ccccc2)cc1. The first-order chi connectivity index (χ1) is 10.2. The standard InChI is InChI=1S/C17H19NO3/c18-15-10-20-11-16(15)21-14-8-6-13(7-9-14)17(19)12-4-2-1-3-5-12/h1-9,15-17,19H,10-11,18H2. The summed E-state index contributed by atoms with van der Waals surface area (Å²) in [6.45, 7) is 1.06. The van der Waals surface area contributed by atoms with E-state index in [2.05, 4.69) is 0 Å². The summed E-state index contributed by atoms with van der Waals surface area (Å²) in [6, 6.07) is 16.9. The Kier molecular flexibility index (Phi) is 4.20. The van der Waals surface area contributed by atoms with Crippen LogP contribution in [0.3, 0.4) is 0 Å². The smallest absolute Gasteiger partial charge is 0.139 e. The van der Waals surface area contributed by atoms with Crippen molar-refractivity contribution in [2.45, 2.75) is 18.2 Å². The molecule has 0 bridgehead atoms. The first-order valence-electron chi connectivity index (χ1n) is 7.07.